The van der Waals surface area contributed by atoms with Crippen molar-refractivity contribution in [1.82, 2.24) is 20.4 Å². The summed E-state index contributed by atoms with van der Waals surface area (Å²) in [4.78, 5) is 18.6. The maximum atomic E-state index is 12.9. The summed E-state index contributed by atoms with van der Waals surface area (Å²) in [6, 6.07) is 6.34. The molecular weight excluding hydrogens is 351 g/mol. The Morgan fingerprint density at radius 2 is 2.11 bits per heavy atom. The summed E-state index contributed by atoms with van der Waals surface area (Å²) in [6.45, 7) is 2.33. The van der Waals surface area contributed by atoms with Crippen molar-refractivity contribution in [3.63, 3.8) is 0 Å². The molecule has 2 heterocycles. The van der Waals surface area contributed by atoms with E-state index in [1.165, 1.54) is 12.1 Å². The van der Waals surface area contributed by atoms with Crippen molar-refractivity contribution >= 4 is 5.91 Å². The van der Waals surface area contributed by atoms with Gasteiger partial charge >= 0.3 is 0 Å². The first-order chi connectivity index (χ1) is 13.2. The molecule has 1 aliphatic carbocycles. The Morgan fingerprint density at radius 1 is 1.30 bits per heavy atom. The average molecular weight is 374 g/mol. The lowest BCUT2D eigenvalue weighted by molar-refractivity contribution is 0.0937. The molecule has 1 unspecified atom stereocenters. The number of amides is 1. The molecule has 0 spiro atoms. The van der Waals surface area contributed by atoms with Crippen LogP contribution in [0.1, 0.15) is 54.7 Å². The van der Waals surface area contributed by atoms with Gasteiger partial charge in [-0.05, 0) is 62.9 Å². The highest BCUT2D eigenvalue weighted by Crippen LogP contribution is 2.31. The topological polar surface area (TPSA) is 80.5 Å². The number of hydrogen-bond acceptors (Lipinski definition) is 6. The molecule has 7 nitrogen and oxygen atoms in total. The molecule has 1 saturated heterocycles. The fourth-order valence-electron chi connectivity index (χ4n) is 3.30. The van der Waals surface area contributed by atoms with Gasteiger partial charge in [0.05, 0.1) is 12.6 Å². The third kappa shape index (κ3) is 4.63. The summed E-state index contributed by atoms with van der Waals surface area (Å²) in [7, 11) is 0. The van der Waals surface area contributed by atoms with Crippen LogP contribution in [-0.2, 0) is 0 Å². The van der Waals surface area contributed by atoms with Gasteiger partial charge in [-0.1, -0.05) is 5.16 Å². The van der Waals surface area contributed by atoms with Crippen molar-refractivity contribution in [2.24, 2.45) is 0 Å². The van der Waals surface area contributed by atoms with Gasteiger partial charge in [-0.25, -0.2) is 4.39 Å². The van der Waals surface area contributed by atoms with E-state index in [-0.39, 0.29) is 29.6 Å². The molecule has 8 heteroatoms. The predicted octanol–water partition coefficient (Wildman–Crippen LogP) is 2.71. The molecule has 1 amide bonds. The smallest absolute Gasteiger partial charge is 0.292 e. The molecule has 27 heavy (non-hydrogen) atoms. The van der Waals surface area contributed by atoms with E-state index >= 15 is 0 Å². The highest BCUT2D eigenvalue weighted by Gasteiger charge is 2.32. The van der Waals surface area contributed by atoms with Crippen LogP contribution in [0.3, 0.4) is 0 Å². The Bertz CT molecular complexity index is 776. The summed E-state index contributed by atoms with van der Waals surface area (Å²) in [5, 5.41) is 6.71. The molecule has 2 aromatic rings. The van der Waals surface area contributed by atoms with Crippen LogP contribution >= 0.6 is 0 Å². The molecule has 1 saturated carbocycles. The van der Waals surface area contributed by atoms with Crippen LogP contribution < -0.4 is 10.1 Å². The van der Waals surface area contributed by atoms with Gasteiger partial charge in [-0.2, -0.15) is 4.98 Å². The number of hydrogen-bond donors (Lipinski definition) is 1. The van der Waals surface area contributed by atoms with Gasteiger partial charge < -0.3 is 14.6 Å². The Balaban J connectivity index is 1.26. The van der Waals surface area contributed by atoms with Crippen molar-refractivity contribution in [3.05, 3.63) is 41.8 Å². The van der Waals surface area contributed by atoms with Crippen LogP contribution in [0, 0.1) is 5.82 Å². The third-order valence-electron chi connectivity index (χ3n) is 4.88. The Morgan fingerprint density at radius 3 is 2.89 bits per heavy atom. The van der Waals surface area contributed by atoms with E-state index in [1.807, 2.05) is 0 Å². The fourth-order valence-corrected chi connectivity index (χ4v) is 3.30. The highest BCUT2D eigenvalue weighted by molar-refractivity contribution is 5.90. The largest absolute Gasteiger partial charge is 0.494 e. The molecule has 1 atom stereocenters. The summed E-state index contributed by atoms with van der Waals surface area (Å²) in [5.41, 5.74) is 0. The molecule has 1 aromatic heterocycles. The van der Waals surface area contributed by atoms with Gasteiger partial charge in [0.2, 0.25) is 5.89 Å². The molecule has 1 N–H and O–H groups in total. The van der Waals surface area contributed by atoms with Gasteiger partial charge in [0.15, 0.2) is 0 Å². The van der Waals surface area contributed by atoms with Crippen LogP contribution in [-0.4, -0.2) is 46.7 Å². The van der Waals surface area contributed by atoms with Crippen LogP contribution in [0.4, 0.5) is 4.39 Å². The van der Waals surface area contributed by atoms with Gasteiger partial charge in [-0.3, -0.25) is 9.69 Å². The number of halogens is 1. The molecule has 2 fully saturated rings. The van der Waals surface area contributed by atoms with Crippen molar-refractivity contribution in [2.75, 3.05) is 19.7 Å². The first-order valence-corrected chi connectivity index (χ1v) is 9.46. The third-order valence-corrected chi connectivity index (χ3v) is 4.88. The number of nitrogens with zero attached hydrogens (tertiary/aromatic N) is 3. The van der Waals surface area contributed by atoms with Gasteiger partial charge in [0, 0.05) is 12.6 Å². The molecular formula is C19H23FN4O3. The molecule has 1 aromatic carbocycles. The molecule has 1 aliphatic heterocycles. The second-order valence-corrected chi connectivity index (χ2v) is 7.05. The van der Waals surface area contributed by atoms with Crippen LogP contribution in [0.5, 0.6) is 5.75 Å². The van der Waals surface area contributed by atoms with Gasteiger partial charge in [0.25, 0.3) is 11.7 Å². The Hall–Kier alpha value is -2.48. The SMILES string of the molecule is O=C(NC1CC1)c1noc(C2CCCN2CCCOc2ccc(F)cc2)n1. The molecule has 4 rings (SSSR count). The summed E-state index contributed by atoms with van der Waals surface area (Å²) in [5.74, 6) is 0.755. The number of likely N-dealkylation sites (tertiary alicyclic amines) is 1. The zero-order valence-electron chi connectivity index (χ0n) is 15.1. The van der Waals surface area contributed by atoms with E-state index in [4.69, 9.17) is 9.26 Å². The minimum Gasteiger partial charge on any atom is -0.494 e. The lowest BCUT2D eigenvalue weighted by atomic mass is 10.2. The highest BCUT2D eigenvalue weighted by atomic mass is 19.1. The summed E-state index contributed by atoms with van der Waals surface area (Å²) < 4.78 is 23.9. The summed E-state index contributed by atoms with van der Waals surface area (Å²) >= 11 is 0. The standard InChI is InChI=1S/C19H23FN4O3/c20-13-4-8-15(9-5-13)26-12-2-11-24-10-1-3-16(24)19-22-17(23-27-19)18(25)21-14-6-7-14/h4-5,8-9,14,16H,1-3,6-7,10-12H2,(H,21,25). The van der Waals surface area contributed by atoms with E-state index < -0.39 is 0 Å². The monoisotopic (exact) mass is 374 g/mol. The van der Waals surface area contributed by atoms with Crippen molar-refractivity contribution in [3.8, 4) is 5.75 Å². The van der Waals surface area contributed by atoms with Gasteiger partial charge in [-0.15, -0.1) is 0 Å². The first-order valence-electron chi connectivity index (χ1n) is 9.46. The normalized spacial score (nSPS) is 20.0. The van der Waals surface area contributed by atoms with Crippen molar-refractivity contribution in [2.45, 2.75) is 44.2 Å². The number of aromatic nitrogens is 2. The number of carbonyl (C=O) groups is 1. The first kappa shape index (κ1) is 17.9. The fraction of sp³-hybridized carbons (Fsp3) is 0.526. The Labute approximate surface area is 156 Å². The van der Waals surface area contributed by atoms with Crippen molar-refractivity contribution in [1.29, 1.82) is 0 Å². The second-order valence-electron chi connectivity index (χ2n) is 7.05. The number of ether oxygens (including phenoxy) is 1. The quantitative estimate of drug-likeness (QED) is 0.716. The molecule has 0 bridgehead atoms. The minimum atomic E-state index is -0.271. The predicted molar refractivity (Wildman–Crippen MR) is 94.8 cm³/mol. The van der Waals surface area contributed by atoms with E-state index in [1.54, 1.807) is 12.1 Å². The van der Waals surface area contributed by atoms with Crippen LogP contribution in [0.25, 0.3) is 0 Å². The van der Waals surface area contributed by atoms with E-state index in [0.717, 1.165) is 45.2 Å². The van der Waals surface area contributed by atoms with E-state index in [2.05, 4.69) is 20.4 Å². The van der Waals surface area contributed by atoms with Crippen LogP contribution in [0.2, 0.25) is 0 Å². The second kappa shape index (κ2) is 8.04. The maximum absolute atomic E-state index is 12.9. The summed E-state index contributed by atoms with van der Waals surface area (Å²) in [6.07, 6.45) is 4.86. The lowest BCUT2D eigenvalue weighted by Gasteiger charge is -2.21. The average Bonchev–Trinajstić information content (AvgIpc) is 3.16. The number of nitrogens with one attached hydrogen (secondary N) is 1. The number of carbonyl (C=O) groups excluding carboxylic acids is 1. The van der Waals surface area contributed by atoms with E-state index in [9.17, 15) is 9.18 Å². The molecule has 0 radical (unpaired) electrons. The number of rotatable bonds is 8. The lowest BCUT2D eigenvalue weighted by Crippen LogP contribution is -2.27. The maximum Gasteiger partial charge on any atom is 0.292 e. The molecule has 2 aliphatic rings. The van der Waals surface area contributed by atoms with Crippen LogP contribution in [0.15, 0.2) is 28.8 Å². The van der Waals surface area contributed by atoms with Gasteiger partial charge in [0.1, 0.15) is 11.6 Å². The Kier molecular flexibility index (Phi) is 5.33. The van der Waals surface area contributed by atoms with E-state index in [0.29, 0.717) is 18.2 Å². The van der Waals surface area contributed by atoms with Crippen molar-refractivity contribution < 1.29 is 18.4 Å². The molecule has 144 valence electrons. The zero-order valence-corrected chi connectivity index (χ0v) is 15.1. The minimum absolute atomic E-state index is 0.0470. The number of benzene rings is 1. The zero-order chi connectivity index (χ0) is 18.6.